The van der Waals surface area contributed by atoms with Crippen LogP contribution in [0, 0.1) is 6.42 Å². The highest BCUT2D eigenvalue weighted by Gasteiger charge is 2.15. The molecule has 2 heterocycles. The van der Waals surface area contributed by atoms with E-state index >= 15 is 0 Å². The van der Waals surface area contributed by atoms with Crippen molar-refractivity contribution in [1.29, 1.82) is 0 Å². The second-order valence-electron chi connectivity index (χ2n) is 2.53. The fourth-order valence-electron chi connectivity index (χ4n) is 1.12. The van der Waals surface area contributed by atoms with Crippen LogP contribution in [-0.2, 0) is 11.2 Å². The van der Waals surface area contributed by atoms with E-state index in [1.165, 1.54) is 0 Å². The Morgan fingerprint density at radius 3 is 3.17 bits per heavy atom. The molecule has 1 N–H and O–H groups in total. The number of nitrogens with zero attached hydrogens (tertiary/aromatic N) is 1. The van der Waals surface area contributed by atoms with Gasteiger partial charge in [0, 0.05) is 6.42 Å². The molecule has 12 heavy (non-hydrogen) atoms. The van der Waals surface area contributed by atoms with Gasteiger partial charge in [-0.25, -0.2) is 4.98 Å². The highest BCUT2D eigenvalue weighted by Crippen LogP contribution is 2.21. The molecule has 61 valence electrons. The number of halogens is 1. The van der Waals surface area contributed by atoms with E-state index in [-0.39, 0.29) is 5.91 Å². The summed E-state index contributed by atoms with van der Waals surface area (Å²) in [5.74, 6) is -0.0494. The van der Waals surface area contributed by atoms with Gasteiger partial charge < -0.3 is 5.32 Å². The van der Waals surface area contributed by atoms with Gasteiger partial charge in [-0.2, -0.15) is 0 Å². The quantitative estimate of drug-likeness (QED) is 0.682. The first-order chi connectivity index (χ1) is 5.75. The molecule has 0 saturated heterocycles. The van der Waals surface area contributed by atoms with E-state index in [0.29, 0.717) is 6.42 Å². The van der Waals surface area contributed by atoms with Gasteiger partial charge in [-0.1, -0.05) is 0 Å². The number of nitrogens with one attached hydrogen (secondary N) is 1. The molecule has 3 nitrogen and oxygen atoms in total. The Bertz CT molecular complexity index is 338. The predicted molar refractivity (Wildman–Crippen MR) is 48.6 cm³/mol. The van der Waals surface area contributed by atoms with Crippen LogP contribution >= 0.6 is 15.9 Å². The maximum atomic E-state index is 10.9. The number of fused-ring (bicyclic) bond motifs is 1. The summed E-state index contributed by atoms with van der Waals surface area (Å²) in [6.45, 7) is 0. The molecule has 0 saturated carbocycles. The minimum atomic E-state index is -0.0494. The van der Waals surface area contributed by atoms with Gasteiger partial charge in [-0.3, -0.25) is 4.79 Å². The molecule has 4 heteroatoms. The van der Waals surface area contributed by atoms with Crippen molar-refractivity contribution >= 4 is 27.5 Å². The van der Waals surface area contributed by atoms with Crippen molar-refractivity contribution in [2.24, 2.45) is 0 Å². The third-order valence-electron chi connectivity index (χ3n) is 1.68. The third-order valence-corrected chi connectivity index (χ3v) is 2.12. The lowest BCUT2D eigenvalue weighted by molar-refractivity contribution is -0.113. The average molecular weight is 226 g/mol. The van der Waals surface area contributed by atoms with E-state index in [9.17, 15) is 4.79 Å². The molecule has 0 bridgehead atoms. The van der Waals surface area contributed by atoms with Gasteiger partial charge in [0.05, 0.1) is 17.8 Å². The second kappa shape index (κ2) is 2.86. The Labute approximate surface area is 78.3 Å². The van der Waals surface area contributed by atoms with Crippen molar-refractivity contribution in [1.82, 2.24) is 4.98 Å². The topological polar surface area (TPSA) is 42.0 Å². The molecule has 1 aromatic rings. The van der Waals surface area contributed by atoms with Crippen LogP contribution in [0.3, 0.4) is 0 Å². The average Bonchev–Trinajstić information content (AvgIpc) is 2.05. The molecule has 0 aromatic carbocycles. The highest BCUT2D eigenvalue weighted by molar-refractivity contribution is 9.10. The second-order valence-corrected chi connectivity index (χ2v) is 3.34. The zero-order valence-electron chi connectivity index (χ0n) is 6.17. The van der Waals surface area contributed by atoms with Gasteiger partial charge >= 0.3 is 0 Å². The summed E-state index contributed by atoms with van der Waals surface area (Å²) in [5.41, 5.74) is 1.72. The summed E-state index contributed by atoms with van der Waals surface area (Å²) < 4.78 is 0.797. The monoisotopic (exact) mass is 225 g/mol. The Morgan fingerprint density at radius 2 is 2.33 bits per heavy atom. The van der Waals surface area contributed by atoms with Crippen LogP contribution in [0.5, 0.6) is 0 Å². The van der Waals surface area contributed by atoms with Gasteiger partial charge in [0.25, 0.3) is 0 Å². The summed E-state index contributed by atoms with van der Waals surface area (Å²) in [5, 5.41) is 2.71. The minimum Gasteiger partial charge on any atom is -0.324 e. The van der Waals surface area contributed by atoms with E-state index in [1.807, 2.05) is 12.1 Å². The SMILES string of the molecule is O=C1[CH]Cc2nc(Br)ccc2N1. The normalized spacial score (nSPS) is 15.2. The number of hydrogen-bond donors (Lipinski definition) is 1. The summed E-state index contributed by atoms with van der Waals surface area (Å²) >= 11 is 3.27. The Balaban J connectivity index is 2.43. The van der Waals surface area contributed by atoms with Gasteiger partial charge in [0.1, 0.15) is 4.60 Å². The predicted octanol–water partition coefficient (Wildman–Crippen LogP) is 1.54. The van der Waals surface area contributed by atoms with E-state index in [0.717, 1.165) is 16.0 Å². The van der Waals surface area contributed by atoms with E-state index in [1.54, 1.807) is 6.42 Å². The van der Waals surface area contributed by atoms with Crippen LogP contribution in [-0.4, -0.2) is 10.9 Å². The first kappa shape index (κ1) is 7.73. The maximum Gasteiger partial charge on any atom is 0.228 e. The Morgan fingerprint density at radius 1 is 1.50 bits per heavy atom. The highest BCUT2D eigenvalue weighted by atomic mass is 79.9. The summed E-state index contributed by atoms with van der Waals surface area (Å²) in [6.07, 6.45) is 2.20. The first-order valence-corrected chi connectivity index (χ1v) is 4.34. The molecule has 1 amide bonds. The van der Waals surface area contributed by atoms with Crippen LogP contribution in [0.15, 0.2) is 16.7 Å². The van der Waals surface area contributed by atoms with E-state index in [2.05, 4.69) is 26.2 Å². The fraction of sp³-hybridized carbons (Fsp3) is 0.125. The number of anilines is 1. The molecule has 0 aliphatic carbocycles. The third kappa shape index (κ3) is 1.34. The fourth-order valence-corrected chi connectivity index (χ4v) is 1.46. The number of hydrogen-bond acceptors (Lipinski definition) is 2. The molecule has 1 aliphatic rings. The van der Waals surface area contributed by atoms with Crippen molar-refractivity contribution in [3.05, 3.63) is 28.9 Å². The van der Waals surface area contributed by atoms with Crippen molar-refractivity contribution in [2.45, 2.75) is 6.42 Å². The molecule has 1 aromatic heterocycles. The number of amides is 1. The van der Waals surface area contributed by atoms with Crippen LogP contribution < -0.4 is 5.32 Å². The summed E-state index contributed by atoms with van der Waals surface area (Å²) in [6, 6.07) is 3.65. The molecule has 0 atom stereocenters. The first-order valence-electron chi connectivity index (χ1n) is 3.55. The lowest BCUT2D eigenvalue weighted by atomic mass is 10.1. The van der Waals surface area contributed by atoms with Gasteiger partial charge in [-0.05, 0) is 28.1 Å². The Kier molecular flexibility index (Phi) is 1.84. The Hall–Kier alpha value is -0.900. The molecular formula is C8H6BrN2O. The zero-order valence-corrected chi connectivity index (χ0v) is 7.76. The van der Waals surface area contributed by atoms with E-state index < -0.39 is 0 Å². The molecule has 0 spiro atoms. The minimum absolute atomic E-state index is 0.0494. The maximum absolute atomic E-state index is 10.9. The van der Waals surface area contributed by atoms with Crippen molar-refractivity contribution < 1.29 is 4.79 Å². The van der Waals surface area contributed by atoms with Crippen LogP contribution in [0.1, 0.15) is 5.69 Å². The summed E-state index contributed by atoms with van der Waals surface area (Å²) in [4.78, 5) is 15.1. The summed E-state index contributed by atoms with van der Waals surface area (Å²) in [7, 11) is 0. The number of rotatable bonds is 0. The molecule has 2 rings (SSSR count). The number of pyridine rings is 1. The molecule has 0 unspecified atom stereocenters. The molecular weight excluding hydrogens is 220 g/mol. The van der Waals surface area contributed by atoms with Crippen molar-refractivity contribution in [3.8, 4) is 0 Å². The number of carbonyl (C=O) groups is 1. The van der Waals surface area contributed by atoms with Crippen molar-refractivity contribution in [2.75, 3.05) is 5.32 Å². The molecule has 1 radical (unpaired) electrons. The number of carbonyl (C=O) groups excluding carboxylic acids is 1. The molecule has 0 fully saturated rings. The van der Waals surface area contributed by atoms with Gasteiger partial charge in [0.2, 0.25) is 5.91 Å². The van der Waals surface area contributed by atoms with Gasteiger partial charge in [-0.15, -0.1) is 0 Å². The molecule has 1 aliphatic heterocycles. The van der Waals surface area contributed by atoms with Crippen LogP contribution in [0.4, 0.5) is 5.69 Å². The van der Waals surface area contributed by atoms with Crippen LogP contribution in [0.25, 0.3) is 0 Å². The largest absolute Gasteiger partial charge is 0.324 e. The lowest BCUT2D eigenvalue weighted by Crippen LogP contribution is -2.20. The standard InChI is InChI=1S/C8H6BrN2O/c9-7-3-1-6-5(10-7)2-4-8(12)11-6/h1,3-4H,2H2,(H,11,12). The van der Waals surface area contributed by atoms with E-state index in [4.69, 9.17) is 0 Å². The van der Waals surface area contributed by atoms with Crippen LogP contribution in [0.2, 0.25) is 0 Å². The number of aromatic nitrogens is 1. The lowest BCUT2D eigenvalue weighted by Gasteiger charge is -2.14. The smallest absolute Gasteiger partial charge is 0.228 e. The van der Waals surface area contributed by atoms with Gasteiger partial charge in [0.15, 0.2) is 0 Å². The zero-order chi connectivity index (χ0) is 8.55. The van der Waals surface area contributed by atoms with Crippen molar-refractivity contribution in [3.63, 3.8) is 0 Å².